The number of rotatable bonds is 4. The Morgan fingerprint density at radius 3 is 2.28 bits per heavy atom. The Bertz CT molecular complexity index is 2530. The average Bonchev–Trinajstić information content (AvgIpc) is 3.65. The molecule has 5 heteroatoms. The van der Waals surface area contributed by atoms with Gasteiger partial charge in [-0.15, -0.1) is 0 Å². The fourth-order valence-corrected chi connectivity index (χ4v) is 7.20. The Morgan fingerprint density at radius 1 is 0.652 bits per heavy atom. The highest BCUT2D eigenvalue weighted by Gasteiger charge is 2.25. The number of hydrogen-bond acceptors (Lipinski definition) is 4. The Kier molecular flexibility index (Phi) is 6.00. The molecule has 0 bridgehead atoms. The van der Waals surface area contributed by atoms with E-state index in [2.05, 4.69) is 97.3 Å². The second kappa shape index (κ2) is 10.4. The molecule has 8 aromatic rings. The van der Waals surface area contributed by atoms with Crippen LogP contribution in [0, 0.1) is 6.92 Å². The van der Waals surface area contributed by atoms with Crippen molar-refractivity contribution >= 4 is 43.7 Å². The lowest BCUT2D eigenvalue weighted by Gasteiger charge is -2.22. The molecule has 5 aromatic carbocycles. The first-order valence-electron chi connectivity index (χ1n) is 15.7. The molecular weight excluding hydrogens is 564 g/mol. The maximum atomic E-state index is 6.25. The summed E-state index contributed by atoms with van der Waals surface area (Å²) < 4.78 is 8.47. The lowest BCUT2D eigenvalue weighted by molar-refractivity contribution is 0.669. The molecule has 5 nitrogen and oxygen atoms in total. The summed E-state index contributed by atoms with van der Waals surface area (Å²) in [4.78, 5) is 15.5. The van der Waals surface area contributed by atoms with Crippen LogP contribution < -0.4 is 0 Å². The minimum absolute atomic E-state index is 0.314. The Balaban J connectivity index is 1.37. The van der Waals surface area contributed by atoms with E-state index in [1.54, 1.807) is 0 Å². The van der Waals surface area contributed by atoms with Crippen molar-refractivity contribution in [3.05, 3.63) is 144 Å². The van der Waals surface area contributed by atoms with Crippen molar-refractivity contribution in [1.29, 1.82) is 0 Å². The van der Waals surface area contributed by atoms with Crippen molar-refractivity contribution in [2.45, 2.75) is 26.2 Å². The van der Waals surface area contributed by atoms with E-state index < -0.39 is 0 Å². The first kappa shape index (κ1) is 26.6. The number of aromatic nitrogens is 4. The number of allylic oxidation sites excluding steroid dienone is 4. The summed E-state index contributed by atoms with van der Waals surface area (Å²) in [7, 11) is 0. The third-order valence-electron chi connectivity index (χ3n) is 9.36. The van der Waals surface area contributed by atoms with Crippen molar-refractivity contribution in [3.8, 4) is 28.7 Å². The van der Waals surface area contributed by atoms with Gasteiger partial charge in [0.1, 0.15) is 11.2 Å². The molecule has 0 saturated heterocycles. The number of fused-ring (bicyclic) bond motifs is 6. The van der Waals surface area contributed by atoms with Gasteiger partial charge in [-0.05, 0) is 55.7 Å². The summed E-state index contributed by atoms with van der Waals surface area (Å²) in [5.74, 6) is 2.13. The van der Waals surface area contributed by atoms with Gasteiger partial charge in [0.25, 0.3) is 0 Å². The van der Waals surface area contributed by atoms with Crippen molar-refractivity contribution in [2.24, 2.45) is 0 Å². The summed E-state index contributed by atoms with van der Waals surface area (Å²) >= 11 is 0. The summed E-state index contributed by atoms with van der Waals surface area (Å²) in [5.41, 5.74) is 9.70. The Labute approximate surface area is 266 Å². The van der Waals surface area contributed by atoms with E-state index in [1.165, 1.54) is 27.5 Å². The van der Waals surface area contributed by atoms with E-state index in [1.807, 2.05) is 48.5 Å². The van der Waals surface area contributed by atoms with Gasteiger partial charge in [-0.2, -0.15) is 9.97 Å². The number of furan rings is 1. The van der Waals surface area contributed by atoms with Gasteiger partial charge in [0.15, 0.2) is 11.6 Å². The first-order valence-corrected chi connectivity index (χ1v) is 15.7. The number of aryl methyl sites for hydroxylation is 1. The summed E-state index contributed by atoms with van der Waals surface area (Å²) in [6.45, 7) is 4.48. The van der Waals surface area contributed by atoms with Crippen LogP contribution in [0.4, 0.5) is 0 Å². The molecule has 0 saturated carbocycles. The molecule has 9 rings (SSSR count). The van der Waals surface area contributed by atoms with Crippen LogP contribution >= 0.6 is 0 Å². The maximum Gasteiger partial charge on any atom is 0.238 e. The SMILES string of the molecule is CC1=CC=CCC1c1c(C)ccc2c1c1ccccc1n2-c1nc(-c2ccccc2)nc(-c2cccc3oc4ccccc4c23)n1. The molecule has 0 radical (unpaired) electrons. The van der Waals surface area contributed by atoms with Crippen LogP contribution in [0.3, 0.4) is 0 Å². The largest absolute Gasteiger partial charge is 0.456 e. The molecule has 0 N–H and O–H groups in total. The molecule has 0 amide bonds. The molecule has 0 spiro atoms. The van der Waals surface area contributed by atoms with Gasteiger partial charge in [-0.1, -0.05) is 109 Å². The maximum absolute atomic E-state index is 6.25. The van der Waals surface area contributed by atoms with Crippen molar-refractivity contribution in [3.63, 3.8) is 0 Å². The van der Waals surface area contributed by atoms with Gasteiger partial charge in [0.2, 0.25) is 5.95 Å². The highest BCUT2D eigenvalue weighted by Crippen LogP contribution is 2.43. The van der Waals surface area contributed by atoms with Crippen LogP contribution in [0.5, 0.6) is 0 Å². The number of benzene rings is 5. The van der Waals surface area contributed by atoms with Crippen LogP contribution in [-0.2, 0) is 0 Å². The quantitative estimate of drug-likeness (QED) is 0.203. The van der Waals surface area contributed by atoms with E-state index >= 15 is 0 Å². The summed E-state index contributed by atoms with van der Waals surface area (Å²) in [6.07, 6.45) is 7.68. The molecule has 0 aliphatic heterocycles. The fourth-order valence-electron chi connectivity index (χ4n) is 7.20. The zero-order valence-electron chi connectivity index (χ0n) is 25.6. The highest BCUT2D eigenvalue weighted by molar-refractivity contribution is 6.13. The molecule has 3 heterocycles. The van der Waals surface area contributed by atoms with Crippen molar-refractivity contribution in [1.82, 2.24) is 19.5 Å². The van der Waals surface area contributed by atoms with Crippen LogP contribution in [0.1, 0.15) is 30.4 Å². The molecule has 46 heavy (non-hydrogen) atoms. The van der Waals surface area contributed by atoms with Gasteiger partial charge in [0, 0.05) is 38.6 Å². The average molecular weight is 595 g/mol. The topological polar surface area (TPSA) is 56.7 Å². The van der Waals surface area contributed by atoms with Crippen LogP contribution in [0.15, 0.2) is 137 Å². The molecule has 1 aliphatic rings. The normalized spacial score (nSPS) is 14.9. The van der Waals surface area contributed by atoms with Gasteiger partial charge >= 0.3 is 0 Å². The number of para-hydroxylation sites is 2. The zero-order chi connectivity index (χ0) is 30.8. The minimum atomic E-state index is 0.314. The summed E-state index contributed by atoms with van der Waals surface area (Å²) in [6, 6.07) is 37.5. The van der Waals surface area contributed by atoms with Gasteiger partial charge in [-0.3, -0.25) is 4.57 Å². The third kappa shape index (κ3) is 4.05. The van der Waals surface area contributed by atoms with Crippen LogP contribution in [-0.4, -0.2) is 19.5 Å². The molecule has 1 atom stereocenters. The molecule has 0 fully saturated rings. The molecular formula is C41H30N4O. The highest BCUT2D eigenvalue weighted by atomic mass is 16.3. The smallest absolute Gasteiger partial charge is 0.238 e. The van der Waals surface area contributed by atoms with E-state index in [9.17, 15) is 0 Å². The fraction of sp³-hybridized carbons (Fsp3) is 0.0976. The van der Waals surface area contributed by atoms with Gasteiger partial charge < -0.3 is 4.42 Å². The molecule has 1 unspecified atom stereocenters. The second-order valence-electron chi connectivity index (χ2n) is 12.1. The first-order chi connectivity index (χ1) is 22.7. The lowest BCUT2D eigenvalue weighted by Crippen LogP contribution is -2.07. The van der Waals surface area contributed by atoms with E-state index in [-0.39, 0.29) is 0 Å². The van der Waals surface area contributed by atoms with Crippen LogP contribution in [0.2, 0.25) is 0 Å². The zero-order valence-corrected chi connectivity index (χ0v) is 25.6. The van der Waals surface area contributed by atoms with Gasteiger partial charge in [-0.25, -0.2) is 4.98 Å². The van der Waals surface area contributed by atoms with Crippen LogP contribution in [0.25, 0.3) is 72.5 Å². The number of hydrogen-bond donors (Lipinski definition) is 0. The Hall–Kier alpha value is -5.81. The van der Waals surface area contributed by atoms with E-state index in [0.717, 1.165) is 50.5 Å². The second-order valence-corrected chi connectivity index (χ2v) is 12.1. The standard InChI is InChI=1S/C41H30N4O/c1-25-13-6-7-16-28(25)36-26(2)23-24-33-38(36)29-17-8-10-20-32(29)45(33)41-43-39(27-14-4-3-5-15-27)42-40(44-41)31-19-12-22-35-37(31)30-18-9-11-21-34(30)46-35/h3-15,17-24,28H,16H2,1-2H3. The molecule has 3 aromatic heterocycles. The monoisotopic (exact) mass is 594 g/mol. The number of nitrogens with zero attached hydrogens (tertiary/aromatic N) is 4. The molecule has 1 aliphatic carbocycles. The third-order valence-corrected chi connectivity index (χ3v) is 9.36. The lowest BCUT2D eigenvalue weighted by atomic mass is 9.82. The van der Waals surface area contributed by atoms with Gasteiger partial charge in [0.05, 0.1) is 11.0 Å². The predicted octanol–water partition coefficient (Wildman–Crippen LogP) is 10.5. The Morgan fingerprint density at radius 2 is 1.41 bits per heavy atom. The molecule has 220 valence electrons. The van der Waals surface area contributed by atoms with E-state index in [4.69, 9.17) is 19.4 Å². The van der Waals surface area contributed by atoms with Crippen molar-refractivity contribution < 1.29 is 4.42 Å². The van der Waals surface area contributed by atoms with E-state index in [0.29, 0.717) is 23.5 Å². The minimum Gasteiger partial charge on any atom is -0.456 e. The predicted molar refractivity (Wildman–Crippen MR) is 187 cm³/mol. The van der Waals surface area contributed by atoms with Crippen molar-refractivity contribution in [2.75, 3.05) is 0 Å². The summed E-state index contributed by atoms with van der Waals surface area (Å²) in [5, 5.41) is 4.50.